The van der Waals surface area contributed by atoms with Gasteiger partial charge in [0.15, 0.2) is 5.82 Å². The molecule has 0 atom stereocenters. The first-order chi connectivity index (χ1) is 12.7. The van der Waals surface area contributed by atoms with Gasteiger partial charge in [-0.05, 0) is 37.3 Å². The molecular weight excluding hydrogens is 392 g/mol. The smallest absolute Gasteiger partial charge is 0.340 e. The Morgan fingerprint density at radius 3 is 2.52 bits per heavy atom. The summed E-state index contributed by atoms with van der Waals surface area (Å²) in [6, 6.07) is 7.85. The van der Waals surface area contributed by atoms with Crippen molar-refractivity contribution < 1.29 is 17.9 Å². The van der Waals surface area contributed by atoms with Gasteiger partial charge in [-0.2, -0.15) is 12.7 Å². The summed E-state index contributed by atoms with van der Waals surface area (Å²) in [4.78, 5) is 21.0. The lowest BCUT2D eigenvalue weighted by Crippen LogP contribution is -2.29. The van der Waals surface area contributed by atoms with E-state index in [4.69, 9.17) is 16.3 Å². The number of aromatic nitrogens is 3. The molecule has 0 amide bonds. The van der Waals surface area contributed by atoms with Crippen LogP contribution in [-0.4, -0.2) is 53.8 Å². The van der Waals surface area contributed by atoms with E-state index < -0.39 is 16.2 Å². The molecule has 0 unspecified atom stereocenters. The number of fused-ring (bicyclic) bond motifs is 1. The van der Waals surface area contributed by atoms with E-state index in [2.05, 4.69) is 9.97 Å². The molecule has 2 heterocycles. The monoisotopic (exact) mass is 408 g/mol. The SMILES string of the molecule is COC(=O)c1ccc(C)nc1-c1nc2cc(Cl)ccc2n1S(=O)(=O)N(C)C. The van der Waals surface area contributed by atoms with Gasteiger partial charge in [0.1, 0.15) is 5.69 Å². The van der Waals surface area contributed by atoms with Gasteiger partial charge in [-0.1, -0.05) is 11.6 Å². The van der Waals surface area contributed by atoms with Gasteiger partial charge in [0.25, 0.3) is 0 Å². The maximum absolute atomic E-state index is 13.0. The van der Waals surface area contributed by atoms with E-state index in [1.54, 1.807) is 31.2 Å². The number of nitrogens with zero attached hydrogens (tertiary/aromatic N) is 4. The molecule has 0 aliphatic heterocycles. The Kier molecular flexibility index (Phi) is 4.94. The molecule has 3 rings (SSSR count). The third-order valence-corrected chi connectivity index (χ3v) is 5.91. The Morgan fingerprint density at radius 2 is 1.89 bits per heavy atom. The molecule has 10 heteroatoms. The van der Waals surface area contributed by atoms with Crippen LogP contribution in [0, 0.1) is 6.92 Å². The minimum atomic E-state index is -3.96. The lowest BCUT2D eigenvalue weighted by atomic mass is 10.1. The molecule has 142 valence electrons. The largest absolute Gasteiger partial charge is 0.465 e. The van der Waals surface area contributed by atoms with Crippen molar-refractivity contribution >= 4 is 38.8 Å². The number of hydrogen-bond donors (Lipinski definition) is 0. The predicted octanol–water partition coefficient (Wildman–Crippen LogP) is 2.50. The van der Waals surface area contributed by atoms with Gasteiger partial charge in [-0.25, -0.2) is 18.7 Å². The molecule has 27 heavy (non-hydrogen) atoms. The Morgan fingerprint density at radius 1 is 1.19 bits per heavy atom. The van der Waals surface area contributed by atoms with Gasteiger partial charge in [0, 0.05) is 24.8 Å². The van der Waals surface area contributed by atoms with E-state index in [9.17, 15) is 13.2 Å². The summed E-state index contributed by atoms with van der Waals surface area (Å²) in [6.45, 7) is 1.73. The Bertz CT molecular complexity index is 1160. The molecule has 0 saturated carbocycles. The van der Waals surface area contributed by atoms with Crippen LogP contribution in [0.3, 0.4) is 0 Å². The Balaban J connectivity index is 2.46. The first-order valence-electron chi connectivity index (χ1n) is 7.84. The van der Waals surface area contributed by atoms with Gasteiger partial charge in [-0.3, -0.25) is 0 Å². The Hall–Kier alpha value is -2.49. The average Bonchev–Trinajstić information content (AvgIpc) is 2.99. The van der Waals surface area contributed by atoms with Crippen LogP contribution in [0.15, 0.2) is 30.3 Å². The van der Waals surface area contributed by atoms with Crippen LogP contribution in [0.1, 0.15) is 16.1 Å². The number of rotatable bonds is 4. The summed E-state index contributed by atoms with van der Waals surface area (Å²) in [5.41, 5.74) is 1.50. The number of hydrogen-bond acceptors (Lipinski definition) is 6. The van der Waals surface area contributed by atoms with Crippen LogP contribution in [0.4, 0.5) is 0 Å². The van der Waals surface area contributed by atoms with Crippen LogP contribution in [0.25, 0.3) is 22.6 Å². The van der Waals surface area contributed by atoms with E-state index in [-0.39, 0.29) is 17.1 Å². The van der Waals surface area contributed by atoms with E-state index in [1.807, 2.05) is 0 Å². The Labute approximate surface area is 161 Å². The molecule has 0 saturated heterocycles. The number of imidazole rings is 1. The van der Waals surface area contributed by atoms with Crippen LogP contribution in [0.2, 0.25) is 5.02 Å². The van der Waals surface area contributed by atoms with Crippen LogP contribution >= 0.6 is 11.6 Å². The maximum atomic E-state index is 13.0. The molecule has 0 fully saturated rings. The molecule has 1 aromatic carbocycles. The number of pyridine rings is 1. The van der Waals surface area contributed by atoms with E-state index in [0.717, 1.165) is 8.28 Å². The zero-order valence-corrected chi connectivity index (χ0v) is 16.7. The minimum Gasteiger partial charge on any atom is -0.465 e. The molecule has 0 spiro atoms. The summed E-state index contributed by atoms with van der Waals surface area (Å²) in [5, 5.41) is 0.409. The quantitative estimate of drug-likeness (QED) is 0.615. The van der Waals surface area contributed by atoms with E-state index >= 15 is 0 Å². The average molecular weight is 409 g/mol. The van der Waals surface area contributed by atoms with Crippen molar-refractivity contribution in [3.05, 3.63) is 46.6 Å². The molecule has 3 aromatic rings. The first-order valence-corrected chi connectivity index (χ1v) is 9.61. The van der Waals surface area contributed by atoms with Gasteiger partial charge < -0.3 is 4.74 Å². The molecule has 0 N–H and O–H groups in total. The fraction of sp³-hybridized carbons (Fsp3) is 0.235. The topological polar surface area (TPSA) is 94.4 Å². The summed E-state index contributed by atoms with van der Waals surface area (Å²) >= 11 is 6.03. The van der Waals surface area contributed by atoms with Gasteiger partial charge in [-0.15, -0.1) is 0 Å². The van der Waals surface area contributed by atoms with Gasteiger partial charge in [0.05, 0.1) is 23.7 Å². The third-order valence-electron chi connectivity index (χ3n) is 3.92. The summed E-state index contributed by atoms with van der Waals surface area (Å²) in [5.74, 6) is -0.638. The molecule has 0 aliphatic rings. The van der Waals surface area contributed by atoms with Crippen molar-refractivity contribution in [1.29, 1.82) is 0 Å². The molecule has 0 bridgehead atoms. The van der Waals surface area contributed by atoms with E-state index in [0.29, 0.717) is 21.7 Å². The van der Waals surface area contributed by atoms with Crippen molar-refractivity contribution in [3.63, 3.8) is 0 Å². The first kappa shape index (κ1) is 19.3. The van der Waals surface area contributed by atoms with E-state index in [1.165, 1.54) is 27.3 Å². The van der Waals surface area contributed by atoms with Crippen molar-refractivity contribution in [1.82, 2.24) is 18.2 Å². The van der Waals surface area contributed by atoms with Gasteiger partial charge >= 0.3 is 16.2 Å². The highest BCUT2D eigenvalue weighted by Gasteiger charge is 2.28. The number of aryl methyl sites for hydroxylation is 1. The molecule has 0 radical (unpaired) electrons. The number of ether oxygens (including phenoxy) is 1. The number of benzene rings is 1. The number of halogens is 1. The predicted molar refractivity (Wildman–Crippen MR) is 102 cm³/mol. The lowest BCUT2D eigenvalue weighted by Gasteiger charge is -2.16. The number of methoxy groups -OCH3 is 1. The summed E-state index contributed by atoms with van der Waals surface area (Å²) in [6.07, 6.45) is 0. The van der Waals surface area contributed by atoms with Crippen LogP contribution in [0.5, 0.6) is 0 Å². The van der Waals surface area contributed by atoms with Crippen LogP contribution < -0.4 is 0 Å². The lowest BCUT2D eigenvalue weighted by molar-refractivity contribution is 0.0601. The highest BCUT2D eigenvalue weighted by molar-refractivity contribution is 7.87. The number of carbonyl (C=O) groups is 1. The summed E-state index contributed by atoms with van der Waals surface area (Å²) in [7, 11) is 0.0968. The number of carbonyl (C=O) groups excluding carboxylic acids is 1. The highest BCUT2D eigenvalue weighted by atomic mass is 35.5. The highest BCUT2D eigenvalue weighted by Crippen LogP contribution is 2.30. The zero-order chi connectivity index (χ0) is 19.9. The fourth-order valence-electron chi connectivity index (χ4n) is 2.58. The number of esters is 1. The minimum absolute atomic E-state index is 0.00469. The molecule has 8 nitrogen and oxygen atoms in total. The summed E-state index contributed by atoms with van der Waals surface area (Å²) < 4.78 is 32.9. The van der Waals surface area contributed by atoms with Crippen molar-refractivity contribution in [2.45, 2.75) is 6.92 Å². The standard InChI is InChI=1S/C17H17ClN4O4S/c1-10-5-7-12(17(23)26-4)15(19-10)16-20-13-9-11(18)6-8-14(13)22(16)27(24,25)21(2)3/h5-9H,1-4H3. The second kappa shape index (κ2) is 6.91. The molecule has 0 aliphatic carbocycles. The zero-order valence-electron chi connectivity index (χ0n) is 15.1. The second-order valence-corrected chi connectivity index (χ2v) is 8.39. The molecule has 2 aromatic heterocycles. The maximum Gasteiger partial charge on any atom is 0.340 e. The van der Waals surface area contributed by atoms with Crippen molar-refractivity contribution in [3.8, 4) is 11.5 Å². The normalized spacial score (nSPS) is 11.9. The van der Waals surface area contributed by atoms with Gasteiger partial charge in [0.2, 0.25) is 0 Å². The second-order valence-electron chi connectivity index (χ2n) is 5.96. The van der Waals surface area contributed by atoms with Crippen LogP contribution in [-0.2, 0) is 14.9 Å². The molecular formula is C17H17ClN4O4S. The third kappa shape index (κ3) is 3.29. The van der Waals surface area contributed by atoms with Crippen molar-refractivity contribution in [2.24, 2.45) is 0 Å². The fourth-order valence-corrected chi connectivity index (χ4v) is 3.82. The van der Waals surface area contributed by atoms with Crippen molar-refractivity contribution in [2.75, 3.05) is 21.2 Å².